The summed E-state index contributed by atoms with van der Waals surface area (Å²) in [4.78, 5) is 25.3. The first-order valence-electron chi connectivity index (χ1n) is 9.36. The van der Waals surface area contributed by atoms with Gasteiger partial charge in [0.05, 0.1) is 6.61 Å². The molecule has 0 atom stereocenters. The molecule has 2 aromatic rings. The average molecular weight is 366 g/mol. The van der Waals surface area contributed by atoms with E-state index in [1.807, 2.05) is 36.4 Å². The smallest absolute Gasteiger partial charge is 0.325 e. The predicted molar refractivity (Wildman–Crippen MR) is 105 cm³/mol. The van der Waals surface area contributed by atoms with Crippen LogP contribution in [-0.2, 0) is 11.2 Å². The Kier molecular flexibility index (Phi) is 5.79. The van der Waals surface area contributed by atoms with E-state index in [0.29, 0.717) is 13.2 Å². The first kappa shape index (κ1) is 19.0. The number of nitrogens with zero attached hydrogens (tertiary/aromatic N) is 1. The average Bonchev–Trinajstić information content (AvgIpc) is 2.85. The van der Waals surface area contributed by atoms with Gasteiger partial charge in [-0.3, -0.25) is 9.69 Å². The van der Waals surface area contributed by atoms with Gasteiger partial charge in [0.15, 0.2) is 0 Å². The Bertz CT molecular complexity index is 802. The molecule has 1 N–H and O–H groups in total. The maximum atomic E-state index is 12.2. The van der Waals surface area contributed by atoms with Crippen LogP contribution in [0, 0.1) is 0 Å². The van der Waals surface area contributed by atoms with E-state index in [0.717, 1.165) is 30.6 Å². The maximum absolute atomic E-state index is 12.2. The van der Waals surface area contributed by atoms with Crippen LogP contribution in [0.5, 0.6) is 5.75 Å². The number of unbranched alkanes of at least 4 members (excludes halogenated alkanes) is 1. The number of carbonyl (C=O) groups excluding carboxylic acids is 2. The Labute approximate surface area is 160 Å². The topological polar surface area (TPSA) is 58.6 Å². The third kappa shape index (κ3) is 4.67. The van der Waals surface area contributed by atoms with Crippen molar-refractivity contribution in [2.24, 2.45) is 0 Å². The number of amides is 3. The molecule has 1 heterocycles. The first-order valence-corrected chi connectivity index (χ1v) is 9.36. The Morgan fingerprint density at radius 2 is 1.67 bits per heavy atom. The van der Waals surface area contributed by atoms with Crippen LogP contribution in [0.1, 0.15) is 37.8 Å². The largest absolute Gasteiger partial charge is 0.493 e. The molecular weight excluding hydrogens is 340 g/mol. The predicted octanol–water partition coefficient (Wildman–Crippen LogP) is 3.77. The number of benzene rings is 2. The molecule has 0 radical (unpaired) electrons. The highest BCUT2D eigenvalue weighted by molar-refractivity contribution is 6.06. The number of carbonyl (C=O) groups is 2. The van der Waals surface area contributed by atoms with E-state index in [-0.39, 0.29) is 11.9 Å². The second-order valence-corrected chi connectivity index (χ2v) is 7.34. The van der Waals surface area contributed by atoms with Crippen LogP contribution < -0.4 is 10.1 Å². The van der Waals surface area contributed by atoms with Crippen molar-refractivity contribution in [1.82, 2.24) is 10.2 Å². The number of urea groups is 1. The van der Waals surface area contributed by atoms with Crippen molar-refractivity contribution >= 4 is 11.9 Å². The molecule has 3 amide bonds. The highest BCUT2D eigenvalue weighted by Crippen LogP contribution is 2.22. The van der Waals surface area contributed by atoms with Crippen molar-refractivity contribution in [3.05, 3.63) is 65.7 Å². The molecular formula is C22H26N2O3. The summed E-state index contributed by atoms with van der Waals surface area (Å²) in [6.07, 6.45) is 2.32. The van der Waals surface area contributed by atoms with E-state index in [4.69, 9.17) is 4.74 Å². The first-order chi connectivity index (χ1) is 13.0. The summed E-state index contributed by atoms with van der Waals surface area (Å²) < 4.78 is 5.96. The zero-order valence-corrected chi connectivity index (χ0v) is 15.9. The van der Waals surface area contributed by atoms with Gasteiger partial charge in [-0.25, -0.2) is 4.79 Å². The number of rotatable bonds is 8. The van der Waals surface area contributed by atoms with Gasteiger partial charge in [-0.1, -0.05) is 48.5 Å². The summed E-state index contributed by atoms with van der Waals surface area (Å²) in [6, 6.07) is 18.1. The minimum absolute atomic E-state index is 0.165. The number of nitrogens with one attached hydrogen (secondary N) is 1. The van der Waals surface area contributed by atoms with Crippen molar-refractivity contribution in [3.63, 3.8) is 0 Å². The van der Waals surface area contributed by atoms with Crippen molar-refractivity contribution in [1.29, 1.82) is 0 Å². The lowest BCUT2D eigenvalue weighted by Crippen LogP contribution is -2.40. The highest BCUT2D eigenvalue weighted by atomic mass is 16.5. The summed E-state index contributed by atoms with van der Waals surface area (Å²) >= 11 is 0. The summed E-state index contributed by atoms with van der Waals surface area (Å²) in [5.41, 5.74) is 1.60. The molecule has 1 aliphatic heterocycles. The lowest BCUT2D eigenvalue weighted by atomic mass is 10.0. The second-order valence-electron chi connectivity index (χ2n) is 7.34. The standard InChI is InChI=1S/C22H26N2O3/c1-22(2)20(25)24(21(26)23-22)14-8-9-15-27-19-13-7-6-12-18(19)16-17-10-4-3-5-11-17/h3-7,10-13H,8-9,14-16H2,1-2H3,(H,23,26). The lowest BCUT2D eigenvalue weighted by molar-refractivity contribution is -0.130. The molecule has 0 unspecified atom stereocenters. The van der Waals surface area contributed by atoms with Crippen LogP contribution in [0.3, 0.4) is 0 Å². The van der Waals surface area contributed by atoms with Gasteiger partial charge in [0.1, 0.15) is 11.3 Å². The van der Waals surface area contributed by atoms with Crippen LogP contribution in [0.25, 0.3) is 0 Å². The van der Waals surface area contributed by atoms with E-state index in [2.05, 4.69) is 23.5 Å². The summed E-state index contributed by atoms with van der Waals surface area (Å²) in [7, 11) is 0. The summed E-state index contributed by atoms with van der Waals surface area (Å²) in [5, 5.41) is 2.70. The zero-order chi connectivity index (χ0) is 19.3. The van der Waals surface area contributed by atoms with Gasteiger partial charge in [-0.15, -0.1) is 0 Å². The van der Waals surface area contributed by atoms with Crippen LogP contribution in [0.4, 0.5) is 4.79 Å². The van der Waals surface area contributed by atoms with Gasteiger partial charge in [0.25, 0.3) is 5.91 Å². The lowest BCUT2D eigenvalue weighted by Gasteiger charge is -2.16. The van der Waals surface area contributed by atoms with E-state index in [9.17, 15) is 9.59 Å². The number of hydrogen-bond acceptors (Lipinski definition) is 3. The Hall–Kier alpha value is -2.82. The summed E-state index contributed by atoms with van der Waals surface area (Å²) in [6.45, 7) is 4.42. The van der Waals surface area contributed by atoms with Crippen molar-refractivity contribution in [2.45, 2.75) is 38.6 Å². The van der Waals surface area contributed by atoms with E-state index < -0.39 is 5.54 Å². The third-order valence-corrected chi connectivity index (χ3v) is 4.69. The molecule has 5 nitrogen and oxygen atoms in total. The molecule has 5 heteroatoms. The molecule has 142 valence electrons. The second kappa shape index (κ2) is 8.25. The zero-order valence-electron chi connectivity index (χ0n) is 15.9. The normalized spacial score (nSPS) is 15.7. The van der Waals surface area contributed by atoms with Gasteiger partial charge < -0.3 is 10.1 Å². The Morgan fingerprint density at radius 3 is 2.37 bits per heavy atom. The minimum atomic E-state index is -0.802. The fourth-order valence-corrected chi connectivity index (χ4v) is 3.18. The molecule has 2 aromatic carbocycles. The van der Waals surface area contributed by atoms with Gasteiger partial charge in [0, 0.05) is 13.0 Å². The molecule has 0 spiro atoms. The number of ether oxygens (including phenoxy) is 1. The van der Waals surface area contributed by atoms with Crippen molar-refractivity contribution < 1.29 is 14.3 Å². The fraction of sp³-hybridized carbons (Fsp3) is 0.364. The van der Waals surface area contributed by atoms with Crippen LogP contribution in [0.15, 0.2) is 54.6 Å². The fourth-order valence-electron chi connectivity index (χ4n) is 3.18. The SMILES string of the molecule is CC1(C)NC(=O)N(CCCCOc2ccccc2Cc2ccccc2)C1=O. The van der Waals surface area contributed by atoms with Crippen LogP contribution >= 0.6 is 0 Å². The van der Waals surface area contributed by atoms with E-state index >= 15 is 0 Å². The molecule has 1 fully saturated rings. The summed E-state index contributed by atoms with van der Waals surface area (Å²) in [5.74, 6) is 0.721. The molecule has 27 heavy (non-hydrogen) atoms. The quantitative estimate of drug-likeness (QED) is 0.571. The number of hydrogen-bond donors (Lipinski definition) is 1. The maximum Gasteiger partial charge on any atom is 0.325 e. The molecule has 0 aromatic heterocycles. The number of imide groups is 1. The molecule has 3 rings (SSSR count). The molecule has 1 saturated heterocycles. The highest BCUT2D eigenvalue weighted by Gasteiger charge is 2.43. The molecule has 0 bridgehead atoms. The number of para-hydroxylation sites is 1. The molecule has 0 saturated carbocycles. The third-order valence-electron chi connectivity index (χ3n) is 4.69. The molecule has 1 aliphatic rings. The Morgan fingerprint density at radius 1 is 0.963 bits per heavy atom. The minimum Gasteiger partial charge on any atom is -0.493 e. The van der Waals surface area contributed by atoms with Crippen molar-refractivity contribution in [3.8, 4) is 5.75 Å². The van der Waals surface area contributed by atoms with Gasteiger partial charge in [-0.05, 0) is 43.9 Å². The molecule has 0 aliphatic carbocycles. The van der Waals surface area contributed by atoms with Gasteiger partial charge >= 0.3 is 6.03 Å². The monoisotopic (exact) mass is 366 g/mol. The van der Waals surface area contributed by atoms with E-state index in [1.54, 1.807) is 13.8 Å². The van der Waals surface area contributed by atoms with Crippen molar-refractivity contribution in [2.75, 3.05) is 13.2 Å². The van der Waals surface area contributed by atoms with Gasteiger partial charge in [-0.2, -0.15) is 0 Å². The van der Waals surface area contributed by atoms with Gasteiger partial charge in [0.2, 0.25) is 0 Å². The van der Waals surface area contributed by atoms with Crippen LogP contribution in [-0.4, -0.2) is 35.5 Å². The Balaban J connectivity index is 1.47. The van der Waals surface area contributed by atoms with Crippen LogP contribution in [0.2, 0.25) is 0 Å². The van der Waals surface area contributed by atoms with E-state index in [1.165, 1.54) is 10.5 Å².